The van der Waals surface area contributed by atoms with Crippen LogP contribution in [-0.2, 0) is 16.0 Å². The van der Waals surface area contributed by atoms with Gasteiger partial charge in [0.1, 0.15) is 12.1 Å². The molecule has 0 unspecified atom stereocenters. The number of aliphatic hydroxyl groups excluding tert-OH is 1. The molecule has 1 rings (SSSR count). The largest absolute Gasteiger partial charge is 0.480 e. The summed E-state index contributed by atoms with van der Waals surface area (Å²) in [6.45, 7) is 3.78. The van der Waals surface area contributed by atoms with Crippen molar-refractivity contribution < 1.29 is 19.8 Å². The molecular formula is C16H23NO4. The van der Waals surface area contributed by atoms with Gasteiger partial charge in [-0.15, -0.1) is 0 Å². The van der Waals surface area contributed by atoms with Gasteiger partial charge in [-0.2, -0.15) is 0 Å². The molecule has 1 amide bonds. The highest BCUT2D eigenvalue weighted by Crippen LogP contribution is 2.08. The number of carboxylic acid groups (broad SMARTS) is 1. The lowest BCUT2D eigenvalue weighted by Gasteiger charge is -2.18. The van der Waals surface area contributed by atoms with E-state index in [0.717, 1.165) is 5.56 Å². The summed E-state index contributed by atoms with van der Waals surface area (Å²) in [5.74, 6) is -1.54. The smallest absolute Gasteiger partial charge is 0.326 e. The molecule has 0 radical (unpaired) electrons. The summed E-state index contributed by atoms with van der Waals surface area (Å²) in [6.07, 6.45) is -0.00194. The zero-order valence-electron chi connectivity index (χ0n) is 12.5. The molecule has 116 valence electrons. The van der Waals surface area contributed by atoms with Crippen LogP contribution in [0.4, 0.5) is 0 Å². The molecule has 0 aliphatic carbocycles. The Bertz CT molecular complexity index is 459. The zero-order valence-corrected chi connectivity index (χ0v) is 12.5. The second-order valence-electron chi connectivity index (χ2n) is 5.57. The molecule has 5 heteroatoms. The van der Waals surface area contributed by atoms with Crippen LogP contribution in [-0.4, -0.2) is 34.2 Å². The van der Waals surface area contributed by atoms with Crippen LogP contribution < -0.4 is 5.32 Å². The van der Waals surface area contributed by atoms with Crippen LogP contribution >= 0.6 is 0 Å². The molecular weight excluding hydrogens is 270 g/mol. The van der Waals surface area contributed by atoms with Gasteiger partial charge in [0.15, 0.2) is 0 Å². The number of rotatable bonds is 8. The van der Waals surface area contributed by atoms with Gasteiger partial charge in [0.05, 0.1) is 0 Å². The van der Waals surface area contributed by atoms with E-state index in [1.807, 2.05) is 44.2 Å². The molecule has 0 saturated carbocycles. The Labute approximate surface area is 125 Å². The van der Waals surface area contributed by atoms with Crippen LogP contribution in [0.15, 0.2) is 30.3 Å². The van der Waals surface area contributed by atoms with Gasteiger partial charge in [-0.3, -0.25) is 4.79 Å². The van der Waals surface area contributed by atoms with Crippen LogP contribution in [0, 0.1) is 5.92 Å². The number of carboxylic acids is 1. The number of aliphatic carboxylic acids is 1. The maximum absolute atomic E-state index is 11.8. The van der Waals surface area contributed by atoms with Crippen LogP contribution in [0.3, 0.4) is 0 Å². The lowest BCUT2D eigenvalue weighted by atomic mass is 10.0. The molecule has 1 aromatic rings. The van der Waals surface area contributed by atoms with Crippen molar-refractivity contribution in [1.82, 2.24) is 5.32 Å². The number of benzene rings is 1. The van der Waals surface area contributed by atoms with Crippen molar-refractivity contribution in [3.63, 3.8) is 0 Å². The molecule has 0 bridgehead atoms. The summed E-state index contributed by atoms with van der Waals surface area (Å²) in [7, 11) is 0. The summed E-state index contributed by atoms with van der Waals surface area (Å²) in [4.78, 5) is 23.0. The highest BCUT2D eigenvalue weighted by atomic mass is 16.4. The maximum Gasteiger partial charge on any atom is 0.326 e. The Balaban J connectivity index is 2.54. The number of hydrogen-bond donors (Lipinski definition) is 3. The van der Waals surface area contributed by atoms with E-state index in [0.29, 0.717) is 19.3 Å². The van der Waals surface area contributed by atoms with Crippen molar-refractivity contribution in [2.75, 3.05) is 0 Å². The Kier molecular flexibility index (Phi) is 6.88. The average molecular weight is 293 g/mol. The van der Waals surface area contributed by atoms with Crippen LogP contribution in [0.1, 0.15) is 32.3 Å². The Hall–Kier alpha value is -1.88. The third-order valence-corrected chi connectivity index (χ3v) is 3.18. The second kappa shape index (κ2) is 8.42. The molecule has 1 aromatic carbocycles. The van der Waals surface area contributed by atoms with Crippen molar-refractivity contribution >= 4 is 11.9 Å². The van der Waals surface area contributed by atoms with Gasteiger partial charge in [0.25, 0.3) is 0 Å². The molecule has 0 fully saturated rings. The standard InChI is InChI=1S/C16H23NO4/c1-11(2)10-14(18)15(19)17-13(16(20)21)9-8-12-6-4-3-5-7-12/h3-7,11,13-14,18H,8-10H2,1-2H3,(H,17,19)(H,20,21)/t13-,14-/m0/s1. The predicted octanol–water partition coefficient (Wildman–Crippen LogP) is 1.60. The van der Waals surface area contributed by atoms with E-state index >= 15 is 0 Å². The maximum atomic E-state index is 11.8. The van der Waals surface area contributed by atoms with Crippen molar-refractivity contribution in [3.05, 3.63) is 35.9 Å². The number of carbonyl (C=O) groups excluding carboxylic acids is 1. The van der Waals surface area contributed by atoms with Gasteiger partial charge >= 0.3 is 5.97 Å². The molecule has 3 N–H and O–H groups in total. The van der Waals surface area contributed by atoms with Crippen LogP contribution in [0.2, 0.25) is 0 Å². The summed E-state index contributed by atoms with van der Waals surface area (Å²) in [5.41, 5.74) is 1.01. The fourth-order valence-corrected chi connectivity index (χ4v) is 2.03. The van der Waals surface area contributed by atoms with Gasteiger partial charge < -0.3 is 15.5 Å². The number of aliphatic hydroxyl groups is 1. The van der Waals surface area contributed by atoms with Crippen molar-refractivity contribution in [2.24, 2.45) is 5.92 Å². The second-order valence-corrected chi connectivity index (χ2v) is 5.57. The fraction of sp³-hybridized carbons (Fsp3) is 0.500. The molecule has 2 atom stereocenters. The Morgan fingerprint density at radius 3 is 2.33 bits per heavy atom. The minimum atomic E-state index is -1.16. The summed E-state index contributed by atoms with van der Waals surface area (Å²) >= 11 is 0. The molecule has 21 heavy (non-hydrogen) atoms. The van der Waals surface area contributed by atoms with Gasteiger partial charge in [0.2, 0.25) is 5.91 Å². The minimum absolute atomic E-state index is 0.165. The van der Waals surface area contributed by atoms with Crippen molar-refractivity contribution in [1.29, 1.82) is 0 Å². The monoisotopic (exact) mass is 293 g/mol. The van der Waals surface area contributed by atoms with Crippen LogP contribution in [0.25, 0.3) is 0 Å². The SMILES string of the molecule is CC(C)C[C@H](O)C(=O)N[C@@H](CCc1ccccc1)C(=O)O. The fourth-order valence-electron chi connectivity index (χ4n) is 2.03. The first-order chi connectivity index (χ1) is 9.90. The lowest BCUT2D eigenvalue weighted by molar-refractivity contribution is -0.143. The number of carbonyl (C=O) groups is 2. The van der Waals surface area contributed by atoms with E-state index in [-0.39, 0.29) is 5.92 Å². The van der Waals surface area contributed by atoms with E-state index in [1.165, 1.54) is 0 Å². The van der Waals surface area contributed by atoms with E-state index in [2.05, 4.69) is 5.32 Å². The molecule has 0 spiro atoms. The van der Waals surface area contributed by atoms with E-state index in [9.17, 15) is 14.7 Å². The first-order valence-electron chi connectivity index (χ1n) is 7.15. The highest BCUT2D eigenvalue weighted by Gasteiger charge is 2.24. The molecule has 0 aromatic heterocycles. The predicted molar refractivity (Wildman–Crippen MR) is 79.8 cm³/mol. The number of hydrogen-bond acceptors (Lipinski definition) is 3. The number of nitrogens with one attached hydrogen (secondary N) is 1. The summed E-state index contributed by atoms with van der Waals surface area (Å²) in [6, 6.07) is 8.50. The quantitative estimate of drug-likeness (QED) is 0.679. The van der Waals surface area contributed by atoms with E-state index in [4.69, 9.17) is 5.11 Å². The Morgan fingerprint density at radius 1 is 1.19 bits per heavy atom. The Morgan fingerprint density at radius 2 is 1.81 bits per heavy atom. The molecule has 0 saturated heterocycles. The normalized spacial score (nSPS) is 13.7. The number of amides is 1. The average Bonchev–Trinajstić information content (AvgIpc) is 2.43. The lowest BCUT2D eigenvalue weighted by Crippen LogP contribution is -2.46. The number of aryl methyl sites for hydroxylation is 1. The first kappa shape index (κ1) is 17.2. The molecule has 0 aliphatic heterocycles. The third kappa shape index (κ3) is 6.40. The molecule has 5 nitrogen and oxygen atoms in total. The molecule has 0 aliphatic rings. The van der Waals surface area contributed by atoms with Gasteiger partial charge in [-0.1, -0.05) is 44.2 Å². The third-order valence-electron chi connectivity index (χ3n) is 3.18. The summed E-state index contributed by atoms with van der Waals surface area (Å²) in [5, 5.41) is 21.3. The van der Waals surface area contributed by atoms with E-state index in [1.54, 1.807) is 0 Å². The zero-order chi connectivity index (χ0) is 15.8. The minimum Gasteiger partial charge on any atom is -0.480 e. The topological polar surface area (TPSA) is 86.6 Å². The van der Waals surface area contributed by atoms with E-state index < -0.39 is 24.0 Å². The van der Waals surface area contributed by atoms with Crippen molar-refractivity contribution in [3.8, 4) is 0 Å². The first-order valence-corrected chi connectivity index (χ1v) is 7.15. The highest BCUT2D eigenvalue weighted by molar-refractivity contribution is 5.86. The van der Waals surface area contributed by atoms with Gasteiger partial charge in [-0.25, -0.2) is 4.79 Å². The summed E-state index contributed by atoms with van der Waals surface area (Å²) < 4.78 is 0. The van der Waals surface area contributed by atoms with Gasteiger partial charge in [-0.05, 0) is 30.7 Å². The van der Waals surface area contributed by atoms with Crippen LogP contribution in [0.5, 0.6) is 0 Å². The molecule has 0 heterocycles. The van der Waals surface area contributed by atoms with Gasteiger partial charge in [0, 0.05) is 0 Å². The van der Waals surface area contributed by atoms with Crippen molar-refractivity contribution in [2.45, 2.75) is 45.3 Å².